The SMILES string of the molecule is CCc1ccc(Oc2nc3ccc(C)cc3o2)cc1C1=C(O)C(C)(C)OC(C)(C)C1=O. The number of ketones is 1. The molecular weight excluding hydrogens is 394 g/mol. The van der Waals surface area contributed by atoms with E-state index >= 15 is 0 Å². The van der Waals surface area contributed by atoms with E-state index in [4.69, 9.17) is 13.9 Å². The van der Waals surface area contributed by atoms with E-state index in [1.54, 1.807) is 39.8 Å². The molecule has 31 heavy (non-hydrogen) atoms. The summed E-state index contributed by atoms with van der Waals surface area (Å²) in [6, 6.07) is 11.2. The monoisotopic (exact) mass is 421 g/mol. The molecule has 2 heterocycles. The molecule has 0 saturated carbocycles. The summed E-state index contributed by atoms with van der Waals surface area (Å²) >= 11 is 0. The number of carbonyl (C=O) groups excluding carboxylic acids is 1. The van der Waals surface area contributed by atoms with Gasteiger partial charge in [0.25, 0.3) is 0 Å². The predicted molar refractivity (Wildman–Crippen MR) is 118 cm³/mol. The zero-order valence-electron chi connectivity index (χ0n) is 18.7. The average molecular weight is 421 g/mol. The van der Waals surface area contributed by atoms with Crippen molar-refractivity contribution in [1.29, 1.82) is 0 Å². The smallest absolute Gasteiger partial charge is 0.400 e. The van der Waals surface area contributed by atoms with Crippen molar-refractivity contribution < 1.29 is 23.8 Å². The maximum Gasteiger partial charge on any atom is 0.400 e. The third kappa shape index (κ3) is 3.72. The maximum atomic E-state index is 13.2. The van der Waals surface area contributed by atoms with Gasteiger partial charge in [-0.05, 0) is 82.0 Å². The number of carbonyl (C=O) groups is 1. The number of ether oxygens (including phenoxy) is 2. The number of aryl methyl sites for hydroxylation is 2. The molecule has 0 atom stereocenters. The molecule has 0 radical (unpaired) electrons. The highest BCUT2D eigenvalue weighted by molar-refractivity contribution is 6.26. The summed E-state index contributed by atoms with van der Waals surface area (Å²) in [7, 11) is 0. The van der Waals surface area contributed by atoms with E-state index in [9.17, 15) is 9.90 Å². The minimum absolute atomic E-state index is 0.0824. The van der Waals surface area contributed by atoms with Crippen molar-refractivity contribution in [1.82, 2.24) is 4.98 Å². The lowest BCUT2D eigenvalue weighted by atomic mass is 9.81. The quantitative estimate of drug-likeness (QED) is 0.563. The van der Waals surface area contributed by atoms with Crippen LogP contribution in [0.4, 0.5) is 0 Å². The van der Waals surface area contributed by atoms with Crippen LogP contribution < -0.4 is 4.74 Å². The second-order valence-corrected chi connectivity index (χ2v) is 8.90. The van der Waals surface area contributed by atoms with Crippen LogP contribution >= 0.6 is 0 Å². The second-order valence-electron chi connectivity index (χ2n) is 8.90. The molecule has 1 aliphatic rings. The summed E-state index contributed by atoms with van der Waals surface area (Å²) in [4.78, 5) is 17.6. The van der Waals surface area contributed by atoms with Gasteiger partial charge in [0.1, 0.15) is 28.2 Å². The van der Waals surface area contributed by atoms with E-state index in [0.717, 1.165) is 11.1 Å². The van der Waals surface area contributed by atoms with Gasteiger partial charge >= 0.3 is 6.08 Å². The Kier molecular flexibility index (Phi) is 4.93. The molecule has 6 nitrogen and oxygen atoms in total. The van der Waals surface area contributed by atoms with Gasteiger partial charge in [0.2, 0.25) is 0 Å². The normalized spacial score (nSPS) is 17.9. The van der Waals surface area contributed by atoms with Crippen LogP contribution in [0.3, 0.4) is 0 Å². The lowest BCUT2D eigenvalue weighted by Gasteiger charge is -2.40. The van der Waals surface area contributed by atoms with Gasteiger partial charge in [-0.2, -0.15) is 4.98 Å². The Morgan fingerprint density at radius 1 is 1.06 bits per heavy atom. The van der Waals surface area contributed by atoms with Crippen LogP contribution in [-0.2, 0) is 16.0 Å². The number of hydrogen-bond acceptors (Lipinski definition) is 6. The first kappa shape index (κ1) is 21.1. The van der Waals surface area contributed by atoms with Crippen LogP contribution in [-0.4, -0.2) is 27.1 Å². The largest absolute Gasteiger partial charge is 0.508 e. The third-order valence-corrected chi connectivity index (χ3v) is 5.55. The standard InChI is InChI=1S/C25H27NO5/c1-7-15-9-10-16(29-23-26-18-11-8-14(2)12-19(18)30-23)13-17(15)20-21(27)24(3,4)31-25(5,6)22(20)28/h8-13,27H,7H2,1-6H3. The summed E-state index contributed by atoms with van der Waals surface area (Å²) < 4.78 is 17.5. The Morgan fingerprint density at radius 3 is 2.52 bits per heavy atom. The molecule has 4 rings (SSSR count). The van der Waals surface area contributed by atoms with Crippen molar-refractivity contribution in [2.45, 2.75) is 59.2 Å². The molecular formula is C25H27NO5. The maximum absolute atomic E-state index is 13.2. The van der Waals surface area contributed by atoms with Gasteiger partial charge in [-0.3, -0.25) is 4.79 Å². The fraction of sp³-hybridized carbons (Fsp3) is 0.360. The summed E-state index contributed by atoms with van der Waals surface area (Å²) in [5.41, 5.74) is 2.16. The molecule has 3 aromatic rings. The minimum Gasteiger partial charge on any atom is -0.508 e. The van der Waals surface area contributed by atoms with Crippen LogP contribution in [0.5, 0.6) is 11.8 Å². The van der Waals surface area contributed by atoms with E-state index in [0.29, 0.717) is 28.8 Å². The molecule has 1 aromatic heterocycles. The van der Waals surface area contributed by atoms with Gasteiger partial charge in [-0.25, -0.2) is 0 Å². The molecule has 0 aliphatic carbocycles. The minimum atomic E-state index is -1.06. The third-order valence-electron chi connectivity index (χ3n) is 5.55. The number of rotatable bonds is 4. The Balaban J connectivity index is 1.79. The van der Waals surface area contributed by atoms with Crippen molar-refractivity contribution in [3.05, 3.63) is 58.8 Å². The molecule has 0 spiro atoms. The number of fused-ring (bicyclic) bond motifs is 1. The summed E-state index contributed by atoms with van der Waals surface area (Å²) in [6.07, 6.45) is 0.803. The van der Waals surface area contributed by atoms with Crippen molar-refractivity contribution in [3.63, 3.8) is 0 Å². The highest BCUT2D eigenvalue weighted by atomic mass is 16.6. The van der Waals surface area contributed by atoms with E-state index in [-0.39, 0.29) is 23.2 Å². The number of nitrogens with zero attached hydrogens (tertiary/aromatic N) is 1. The summed E-state index contributed by atoms with van der Waals surface area (Å²) in [5, 5.41) is 10.9. The molecule has 0 unspecified atom stereocenters. The Bertz CT molecular complexity index is 1220. The lowest BCUT2D eigenvalue weighted by molar-refractivity contribution is -0.158. The Labute approximate surface area is 181 Å². The van der Waals surface area contributed by atoms with Crippen LogP contribution in [0.15, 0.2) is 46.6 Å². The fourth-order valence-corrected chi connectivity index (χ4v) is 4.01. The number of hydrogen-bond donors (Lipinski definition) is 1. The summed E-state index contributed by atoms with van der Waals surface area (Å²) in [6.45, 7) is 10.9. The van der Waals surface area contributed by atoms with E-state index < -0.39 is 11.2 Å². The molecule has 0 fully saturated rings. The van der Waals surface area contributed by atoms with E-state index in [2.05, 4.69) is 4.98 Å². The first-order valence-corrected chi connectivity index (χ1v) is 10.4. The van der Waals surface area contributed by atoms with Gasteiger partial charge in [0, 0.05) is 0 Å². The van der Waals surface area contributed by atoms with Gasteiger partial charge in [-0.15, -0.1) is 0 Å². The van der Waals surface area contributed by atoms with Crippen LogP contribution in [0, 0.1) is 6.92 Å². The number of aliphatic hydroxyl groups is 1. The molecule has 6 heteroatoms. The van der Waals surface area contributed by atoms with Crippen LogP contribution in [0.1, 0.15) is 51.3 Å². The molecule has 0 bridgehead atoms. The highest BCUT2D eigenvalue weighted by Gasteiger charge is 2.47. The number of aliphatic hydroxyl groups excluding tert-OH is 1. The zero-order chi connectivity index (χ0) is 22.6. The number of benzene rings is 2. The first-order valence-electron chi connectivity index (χ1n) is 10.4. The zero-order valence-corrected chi connectivity index (χ0v) is 18.7. The number of oxazole rings is 1. The first-order chi connectivity index (χ1) is 14.5. The highest BCUT2D eigenvalue weighted by Crippen LogP contribution is 2.42. The van der Waals surface area contributed by atoms with Crippen LogP contribution in [0.25, 0.3) is 16.7 Å². The summed E-state index contributed by atoms with van der Waals surface area (Å²) in [5.74, 6) is 0.111. The van der Waals surface area contributed by atoms with Crippen molar-refractivity contribution in [3.8, 4) is 11.8 Å². The topological polar surface area (TPSA) is 81.8 Å². The lowest BCUT2D eigenvalue weighted by Crippen LogP contribution is -2.49. The van der Waals surface area contributed by atoms with Gasteiger partial charge < -0.3 is 19.0 Å². The second kappa shape index (κ2) is 7.24. The molecule has 2 aromatic carbocycles. The molecule has 162 valence electrons. The Hall–Kier alpha value is -3.12. The van der Waals surface area contributed by atoms with Crippen LogP contribution in [0.2, 0.25) is 0 Å². The predicted octanol–water partition coefficient (Wildman–Crippen LogP) is 5.92. The molecule has 0 saturated heterocycles. The fourth-order valence-electron chi connectivity index (χ4n) is 4.01. The van der Waals surface area contributed by atoms with Crippen molar-refractivity contribution in [2.24, 2.45) is 0 Å². The van der Waals surface area contributed by atoms with Crippen molar-refractivity contribution in [2.75, 3.05) is 0 Å². The molecule has 0 amide bonds. The number of Topliss-reactive ketones (excluding diaryl/α,β-unsaturated/α-hetero) is 1. The molecule has 1 N–H and O–H groups in total. The van der Waals surface area contributed by atoms with E-state index in [1.165, 1.54) is 0 Å². The van der Waals surface area contributed by atoms with E-state index in [1.807, 2.05) is 38.1 Å². The van der Waals surface area contributed by atoms with Gasteiger partial charge in [0.05, 0.1) is 5.57 Å². The number of aromatic nitrogens is 1. The van der Waals surface area contributed by atoms with Gasteiger partial charge in [0.15, 0.2) is 11.4 Å². The molecule has 1 aliphatic heterocycles. The Morgan fingerprint density at radius 2 is 1.81 bits per heavy atom. The van der Waals surface area contributed by atoms with Gasteiger partial charge in [-0.1, -0.05) is 19.1 Å². The average Bonchev–Trinajstić information content (AvgIpc) is 3.07. The van der Waals surface area contributed by atoms with Crippen molar-refractivity contribution >= 4 is 22.5 Å².